The molecule has 0 N–H and O–H groups in total. The third kappa shape index (κ3) is 3.63. The maximum Gasteiger partial charge on any atom is 0.141 e. The molecule has 0 radical (unpaired) electrons. The summed E-state index contributed by atoms with van der Waals surface area (Å²) in [7, 11) is 1.49. The van der Waals surface area contributed by atoms with Gasteiger partial charge in [-0.1, -0.05) is 39.0 Å². The molecule has 0 bridgehead atoms. The normalized spacial score (nSPS) is 13.5. The van der Waals surface area contributed by atoms with E-state index in [0.29, 0.717) is 5.56 Å². The Labute approximate surface area is 102 Å². The number of benzene rings is 1. The molecule has 0 amide bonds. The standard InChI is InChI=1S/C14H19FO2/c1-14(2,3)13(16)9-12(17-4)10-7-5-6-8-11(10)15/h5-8,12H,9H2,1-4H3/t12-/m0/s1. The van der Waals surface area contributed by atoms with Crippen molar-refractivity contribution in [3.05, 3.63) is 35.6 Å². The van der Waals surface area contributed by atoms with Crippen LogP contribution in [0, 0.1) is 11.2 Å². The average Bonchev–Trinajstić information content (AvgIpc) is 2.25. The summed E-state index contributed by atoms with van der Waals surface area (Å²) in [6.07, 6.45) is -0.316. The molecule has 0 saturated carbocycles. The van der Waals surface area contributed by atoms with Gasteiger partial charge < -0.3 is 4.74 Å². The molecule has 17 heavy (non-hydrogen) atoms. The zero-order valence-corrected chi connectivity index (χ0v) is 10.8. The topological polar surface area (TPSA) is 26.3 Å². The highest BCUT2D eigenvalue weighted by atomic mass is 19.1. The van der Waals surface area contributed by atoms with Gasteiger partial charge in [-0.15, -0.1) is 0 Å². The number of ketones is 1. The molecule has 1 aromatic rings. The van der Waals surface area contributed by atoms with E-state index in [9.17, 15) is 9.18 Å². The molecule has 1 rings (SSSR count). The van der Waals surface area contributed by atoms with Gasteiger partial charge in [0.05, 0.1) is 6.10 Å². The molecule has 0 spiro atoms. The molecule has 2 nitrogen and oxygen atoms in total. The lowest BCUT2D eigenvalue weighted by Crippen LogP contribution is -2.23. The minimum Gasteiger partial charge on any atom is -0.376 e. The summed E-state index contributed by atoms with van der Waals surface area (Å²) >= 11 is 0. The number of ether oxygens (including phenoxy) is 1. The monoisotopic (exact) mass is 238 g/mol. The Morgan fingerprint density at radius 2 is 1.94 bits per heavy atom. The van der Waals surface area contributed by atoms with Crippen LogP contribution in [0.2, 0.25) is 0 Å². The van der Waals surface area contributed by atoms with E-state index in [4.69, 9.17) is 4.74 Å². The molecule has 0 aromatic heterocycles. The van der Waals surface area contributed by atoms with E-state index >= 15 is 0 Å². The summed E-state index contributed by atoms with van der Waals surface area (Å²) in [6.45, 7) is 5.55. The van der Waals surface area contributed by atoms with Crippen molar-refractivity contribution in [3.8, 4) is 0 Å². The van der Waals surface area contributed by atoms with Gasteiger partial charge in [-0.25, -0.2) is 4.39 Å². The van der Waals surface area contributed by atoms with Crippen LogP contribution >= 0.6 is 0 Å². The fourth-order valence-corrected chi connectivity index (χ4v) is 1.53. The van der Waals surface area contributed by atoms with Crippen LogP contribution in [0.5, 0.6) is 0 Å². The predicted octanol–water partition coefficient (Wildman–Crippen LogP) is 3.52. The SMILES string of the molecule is CO[C@@H](CC(=O)C(C)(C)C)c1ccccc1F. The quantitative estimate of drug-likeness (QED) is 0.802. The van der Waals surface area contributed by atoms with Crippen LogP contribution in [0.3, 0.4) is 0 Å². The number of carbonyl (C=O) groups excluding carboxylic acids is 1. The summed E-state index contributed by atoms with van der Waals surface area (Å²) in [5.41, 5.74) is 0.00906. The van der Waals surface area contributed by atoms with Crippen molar-refractivity contribution in [2.45, 2.75) is 33.3 Å². The Kier molecular flexibility index (Phi) is 4.40. The lowest BCUT2D eigenvalue weighted by atomic mass is 9.86. The summed E-state index contributed by atoms with van der Waals surface area (Å²) in [6, 6.07) is 6.39. The highest BCUT2D eigenvalue weighted by molar-refractivity contribution is 5.84. The van der Waals surface area contributed by atoms with Crippen molar-refractivity contribution in [2.75, 3.05) is 7.11 Å². The van der Waals surface area contributed by atoms with Gasteiger partial charge in [-0.3, -0.25) is 4.79 Å². The molecule has 1 atom stereocenters. The first-order valence-electron chi connectivity index (χ1n) is 5.66. The van der Waals surface area contributed by atoms with Crippen LogP contribution in [0.4, 0.5) is 4.39 Å². The van der Waals surface area contributed by atoms with Crippen molar-refractivity contribution in [1.29, 1.82) is 0 Å². The van der Waals surface area contributed by atoms with Crippen LogP contribution < -0.4 is 0 Å². The minimum absolute atomic E-state index is 0.0626. The smallest absolute Gasteiger partial charge is 0.141 e. The van der Waals surface area contributed by atoms with Gasteiger partial charge in [-0.2, -0.15) is 0 Å². The third-order valence-corrected chi connectivity index (χ3v) is 2.74. The second kappa shape index (κ2) is 5.41. The predicted molar refractivity (Wildman–Crippen MR) is 65.2 cm³/mol. The Balaban J connectivity index is 2.87. The second-order valence-corrected chi connectivity index (χ2v) is 5.12. The number of methoxy groups -OCH3 is 1. The molecule has 1 aromatic carbocycles. The number of hydrogen-bond donors (Lipinski definition) is 0. The van der Waals surface area contributed by atoms with Crippen LogP contribution in [-0.4, -0.2) is 12.9 Å². The van der Waals surface area contributed by atoms with Crippen molar-refractivity contribution in [3.63, 3.8) is 0 Å². The Morgan fingerprint density at radius 1 is 1.35 bits per heavy atom. The number of carbonyl (C=O) groups is 1. The largest absolute Gasteiger partial charge is 0.376 e. The summed E-state index contributed by atoms with van der Waals surface area (Å²) in [5, 5.41) is 0. The molecule has 0 aliphatic heterocycles. The molecule has 3 heteroatoms. The van der Waals surface area contributed by atoms with Crippen LogP contribution in [0.15, 0.2) is 24.3 Å². The lowest BCUT2D eigenvalue weighted by Gasteiger charge is -2.21. The van der Waals surface area contributed by atoms with E-state index in [0.717, 1.165) is 0 Å². The molecular formula is C14H19FO2. The average molecular weight is 238 g/mol. The Morgan fingerprint density at radius 3 is 2.41 bits per heavy atom. The molecule has 0 saturated heterocycles. The van der Waals surface area contributed by atoms with Gasteiger partial charge in [0.25, 0.3) is 0 Å². The first-order valence-corrected chi connectivity index (χ1v) is 5.66. The van der Waals surface area contributed by atoms with E-state index in [1.54, 1.807) is 18.2 Å². The van der Waals surface area contributed by atoms with Crippen molar-refractivity contribution in [1.82, 2.24) is 0 Å². The zero-order chi connectivity index (χ0) is 13.1. The van der Waals surface area contributed by atoms with Gasteiger partial charge in [0, 0.05) is 24.5 Å². The number of Topliss-reactive ketones (excluding diaryl/α,β-unsaturated/α-hetero) is 1. The number of halogens is 1. The summed E-state index contributed by atoms with van der Waals surface area (Å²) < 4.78 is 18.8. The highest BCUT2D eigenvalue weighted by Gasteiger charge is 2.26. The van der Waals surface area contributed by atoms with E-state index in [-0.39, 0.29) is 18.0 Å². The van der Waals surface area contributed by atoms with E-state index in [1.807, 2.05) is 20.8 Å². The van der Waals surface area contributed by atoms with E-state index in [2.05, 4.69) is 0 Å². The molecule has 0 unspecified atom stereocenters. The van der Waals surface area contributed by atoms with Crippen LogP contribution in [0.25, 0.3) is 0 Å². The van der Waals surface area contributed by atoms with Gasteiger partial charge in [0.15, 0.2) is 0 Å². The zero-order valence-electron chi connectivity index (χ0n) is 10.8. The van der Waals surface area contributed by atoms with Crippen molar-refractivity contribution >= 4 is 5.78 Å². The van der Waals surface area contributed by atoms with Gasteiger partial charge in [0.1, 0.15) is 11.6 Å². The maximum atomic E-state index is 13.6. The van der Waals surface area contributed by atoms with Gasteiger partial charge in [0.2, 0.25) is 0 Å². The maximum absolute atomic E-state index is 13.6. The molecule has 94 valence electrons. The minimum atomic E-state index is -0.511. The molecule has 0 aliphatic rings. The Hall–Kier alpha value is -1.22. The van der Waals surface area contributed by atoms with Crippen molar-refractivity contribution < 1.29 is 13.9 Å². The molecule has 0 heterocycles. The molecular weight excluding hydrogens is 219 g/mol. The van der Waals surface area contributed by atoms with Gasteiger partial charge >= 0.3 is 0 Å². The highest BCUT2D eigenvalue weighted by Crippen LogP contribution is 2.27. The first kappa shape index (κ1) is 13.8. The summed E-state index contributed by atoms with van der Waals surface area (Å²) in [4.78, 5) is 11.9. The second-order valence-electron chi connectivity index (χ2n) is 5.12. The van der Waals surface area contributed by atoms with Crippen LogP contribution in [0.1, 0.15) is 38.9 Å². The van der Waals surface area contributed by atoms with E-state index in [1.165, 1.54) is 13.2 Å². The Bertz CT molecular complexity index is 393. The lowest BCUT2D eigenvalue weighted by molar-refractivity contribution is -0.128. The number of hydrogen-bond acceptors (Lipinski definition) is 2. The molecule has 0 fully saturated rings. The third-order valence-electron chi connectivity index (χ3n) is 2.74. The molecule has 0 aliphatic carbocycles. The van der Waals surface area contributed by atoms with Crippen LogP contribution in [-0.2, 0) is 9.53 Å². The van der Waals surface area contributed by atoms with Gasteiger partial charge in [-0.05, 0) is 6.07 Å². The van der Waals surface area contributed by atoms with E-state index < -0.39 is 11.5 Å². The first-order chi connectivity index (χ1) is 7.86. The fourth-order valence-electron chi connectivity index (χ4n) is 1.53. The number of rotatable bonds is 4. The van der Waals surface area contributed by atoms with Crippen molar-refractivity contribution in [2.24, 2.45) is 5.41 Å². The fraction of sp³-hybridized carbons (Fsp3) is 0.500. The summed E-state index contributed by atoms with van der Waals surface area (Å²) in [5.74, 6) is -0.270.